The minimum Gasteiger partial charge on any atom is -0.378 e. The fourth-order valence-corrected chi connectivity index (χ4v) is 1.72. The van der Waals surface area contributed by atoms with Crippen molar-refractivity contribution in [3.8, 4) is 11.3 Å². The molecule has 2 rings (SSSR count). The molecule has 0 amide bonds. The van der Waals surface area contributed by atoms with E-state index in [9.17, 15) is 10.1 Å². The average molecular weight is 244 g/mol. The van der Waals surface area contributed by atoms with Gasteiger partial charge in [0.2, 0.25) is 5.82 Å². The summed E-state index contributed by atoms with van der Waals surface area (Å²) >= 11 is 0. The summed E-state index contributed by atoms with van der Waals surface area (Å²) in [7, 11) is 0. The maximum Gasteiger partial charge on any atom is 0.337 e. The lowest BCUT2D eigenvalue weighted by molar-refractivity contribution is -0.383. The number of nitro groups is 1. The first-order valence-corrected chi connectivity index (χ1v) is 5.47. The predicted octanol–water partition coefficient (Wildman–Crippen LogP) is 2.20. The van der Waals surface area contributed by atoms with Gasteiger partial charge in [0.05, 0.1) is 4.92 Å². The summed E-state index contributed by atoms with van der Waals surface area (Å²) in [6, 6.07) is 7.44. The second-order valence-corrected chi connectivity index (χ2v) is 3.77. The van der Waals surface area contributed by atoms with Crippen molar-refractivity contribution in [2.45, 2.75) is 13.3 Å². The molecule has 2 aromatic rings. The lowest BCUT2D eigenvalue weighted by Crippen LogP contribution is -2.02. The Bertz CT molecular complexity index is 598. The van der Waals surface area contributed by atoms with Gasteiger partial charge >= 0.3 is 5.69 Å². The van der Waals surface area contributed by atoms with Crippen LogP contribution in [0.2, 0.25) is 0 Å². The quantitative estimate of drug-likeness (QED) is 0.659. The molecule has 0 aliphatic heterocycles. The van der Waals surface area contributed by atoms with Gasteiger partial charge in [-0.1, -0.05) is 25.1 Å². The van der Waals surface area contributed by atoms with Crippen LogP contribution in [0.1, 0.15) is 12.5 Å². The number of hydrogen-bond acceptors (Lipinski definition) is 5. The van der Waals surface area contributed by atoms with Crippen molar-refractivity contribution in [3.05, 3.63) is 46.3 Å². The zero-order valence-electron chi connectivity index (χ0n) is 9.83. The molecule has 6 nitrogen and oxygen atoms in total. The molecule has 2 N–H and O–H groups in total. The molecule has 18 heavy (non-hydrogen) atoms. The number of aryl methyl sites for hydroxylation is 1. The zero-order chi connectivity index (χ0) is 13.1. The van der Waals surface area contributed by atoms with Crippen LogP contribution in [0.25, 0.3) is 11.3 Å². The summed E-state index contributed by atoms with van der Waals surface area (Å²) in [6.07, 6.45) is 2.08. The Morgan fingerprint density at radius 3 is 2.83 bits per heavy atom. The minimum atomic E-state index is -0.552. The topological polar surface area (TPSA) is 94.9 Å². The zero-order valence-corrected chi connectivity index (χ0v) is 9.83. The highest BCUT2D eigenvalue weighted by Crippen LogP contribution is 2.31. The van der Waals surface area contributed by atoms with Gasteiger partial charge in [0.1, 0.15) is 6.33 Å². The van der Waals surface area contributed by atoms with Crippen molar-refractivity contribution in [2.75, 3.05) is 5.73 Å². The molecule has 0 atom stereocenters. The molecule has 92 valence electrons. The molecule has 6 heteroatoms. The molecule has 0 aliphatic carbocycles. The molecule has 1 aromatic heterocycles. The number of benzene rings is 1. The van der Waals surface area contributed by atoms with E-state index in [-0.39, 0.29) is 17.2 Å². The Morgan fingerprint density at radius 2 is 2.17 bits per heavy atom. The Morgan fingerprint density at radius 1 is 1.39 bits per heavy atom. The van der Waals surface area contributed by atoms with E-state index in [0.717, 1.165) is 12.0 Å². The van der Waals surface area contributed by atoms with Crippen LogP contribution >= 0.6 is 0 Å². The third-order valence-electron chi connectivity index (χ3n) is 2.64. The summed E-state index contributed by atoms with van der Waals surface area (Å²) in [5.74, 6) is -0.119. The fraction of sp³-hybridized carbons (Fsp3) is 0.167. The highest BCUT2D eigenvalue weighted by molar-refractivity contribution is 5.75. The molecule has 0 unspecified atom stereocenters. The SMILES string of the molecule is CCc1cccc(-c2ncnc(N)c2[N+](=O)[O-])c1. The summed E-state index contributed by atoms with van der Waals surface area (Å²) in [5.41, 5.74) is 7.30. The van der Waals surface area contributed by atoms with Gasteiger partial charge in [-0.2, -0.15) is 0 Å². The van der Waals surface area contributed by atoms with Crippen LogP contribution in [-0.4, -0.2) is 14.9 Å². The first kappa shape index (κ1) is 12.0. The summed E-state index contributed by atoms with van der Waals surface area (Å²) in [6.45, 7) is 2.02. The Labute approximate surface area is 104 Å². The van der Waals surface area contributed by atoms with Gasteiger partial charge in [-0.25, -0.2) is 9.97 Å². The molecule has 0 radical (unpaired) electrons. The Hall–Kier alpha value is -2.50. The van der Waals surface area contributed by atoms with Gasteiger partial charge < -0.3 is 5.73 Å². The number of nitrogens with two attached hydrogens (primary N) is 1. The van der Waals surface area contributed by atoms with Crippen LogP contribution in [0.3, 0.4) is 0 Å². The number of anilines is 1. The van der Waals surface area contributed by atoms with Crippen LogP contribution in [-0.2, 0) is 6.42 Å². The predicted molar refractivity (Wildman–Crippen MR) is 67.9 cm³/mol. The van der Waals surface area contributed by atoms with E-state index in [2.05, 4.69) is 9.97 Å². The van der Waals surface area contributed by atoms with Gasteiger partial charge in [0.15, 0.2) is 5.69 Å². The standard InChI is InChI=1S/C12H12N4O2/c1-2-8-4-3-5-9(6-8)10-11(16(17)18)12(13)15-7-14-10/h3-7H,2H2,1H3,(H2,13,14,15). The summed E-state index contributed by atoms with van der Waals surface area (Å²) < 4.78 is 0. The lowest BCUT2D eigenvalue weighted by Gasteiger charge is -2.05. The molecule has 1 aromatic carbocycles. The number of aromatic nitrogens is 2. The van der Waals surface area contributed by atoms with E-state index in [1.54, 1.807) is 6.07 Å². The molecule has 0 saturated carbocycles. The average Bonchev–Trinajstić information content (AvgIpc) is 2.38. The number of rotatable bonds is 3. The Balaban J connectivity index is 2.63. The van der Waals surface area contributed by atoms with Gasteiger partial charge in [0.25, 0.3) is 0 Å². The van der Waals surface area contributed by atoms with Crippen LogP contribution in [0.5, 0.6) is 0 Å². The van der Waals surface area contributed by atoms with Crippen molar-refractivity contribution in [1.29, 1.82) is 0 Å². The minimum absolute atomic E-state index is 0.119. The smallest absolute Gasteiger partial charge is 0.337 e. The van der Waals surface area contributed by atoms with Crippen LogP contribution in [0.4, 0.5) is 11.5 Å². The molecule has 0 saturated heterocycles. The first-order chi connectivity index (χ1) is 8.63. The molecule has 1 heterocycles. The largest absolute Gasteiger partial charge is 0.378 e. The van der Waals surface area contributed by atoms with Crippen molar-refractivity contribution < 1.29 is 4.92 Å². The van der Waals surface area contributed by atoms with Gasteiger partial charge in [-0.15, -0.1) is 0 Å². The van der Waals surface area contributed by atoms with Crippen molar-refractivity contribution in [3.63, 3.8) is 0 Å². The molecular weight excluding hydrogens is 232 g/mol. The molecular formula is C12H12N4O2. The van der Waals surface area contributed by atoms with Gasteiger partial charge in [-0.05, 0) is 18.1 Å². The van der Waals surface area contributed by atoms with Crippen LogP contribution in [0, 0.1) is 10.1 Å². The molecule has 0 spiro atoms. The maximum atomic E-state index is 11.0. The maximum absolute atomic E-state index is 11.0. The molecule has 0 fully saturated rings. The van der Waals surface area contributed by atoms with Gasteiger partial charge in [0, 0.05) is 5.56 Å². The number of hydrogen-bond donors (Lipinski definition) is 1. The van der Waals surface area contributed by atoms with Crippen molar-refractivity contribution in [2.24, 2.45) is 0 Å². The van der Waals surface area contributed by atoms with E-state index in [4.69, 9.17) is 5.73 Å². The first-order valence-electron chi connectivity index (χ1n) is 5.47. The number of nitrogens with zero attached hydrogens (tertiary/aromatic N) is 3. The second kappa shape index (κ2) is 4.79. The van der Waals surface area contributed by atoms with Crippen molar-refractivity contribution >= 4 is 11.5 Å². The molecule has 0 bridgehead atoms. The number of nitrogen functional groups attached to an aromatic ring is 1. The fourth-order valence-electron chi connectivity index (χ4n) is 1.72. The summed E-state index contributed by atoms with van der Waals surface area (Å²) in [4.78, 5) is 18.1. The van der Waals surface area contributed by atoms with Gasteiger partial charge in [-0.3, -0.25) is 10.1 Å². The second-order valence-electron chi connectivity index (χ2n) is 3.77. The third-order valence-corrected chi connectivity index (χ3v) is 2.64. The highest BCUT2D eigenvalue weighted by atomic mass is 16.6. The normalized spacial score (nSPS) is 10.3. The molecule has 0 aliphatic rings. The van der Waals surface area contributed by atoms with E-state index >= 15 is 0 Å². The lowest BCUT2D eigenvalue weighted by atomic mass is 10.1. The van der Waals surface area contributed by atoms with E-state index < -0.39 is 4.92 Å². The van der Waals surface area contributed by atoms with Crippen LogP contribution in [0.15, 0.2) is 30.6 Å². The summed E-state index contributed by atoms with van der Waals surface area (Å²) in [5, 5.41) is 11.0. The monoisotopic (exact) mass is 244 g/mol. The van der Waals surface area contributed by atoms with E-state index in [1.807, 2.05) is 25.1 Å². The van der Waals surface area contributed by atoms with E-state index in [0.29, 0.717) is 5.56 Å². The van der Waals surface area contributed by atoms with Crippen LogP contribution < -0.4 is 5.73 Å². The van der Waals surface area contributed by atoms with E-state index in [1.165, 1.54) is 6.33 Å². The van der Waals surface area contributed by atoms with Crippen molar-refractivity contribution in [1.82, 2.24) is 9.97 Å². The highest BCUT2D eigenvalue weighted by Gasteiger charge is 2.21. The third kappa shape index (κ3) is 2.13. The Kier molecular flexibility index (Phi) is 3.18.